The first-order valence-electron chi connectivity index (χ1n) is 7.93. The molecule has 0 aromatic heterocycles. The van der Waals surface area contributed by atoms with Crippen LogP contribution in [0.25, 0.3) is 11.1 Å². The van der Waals surface area contributed by atoms with E-state index in [0.717, 1.165) is 46.0 Å². The lowest BCUT2D eigenvalue weighted by Crippen LogP contribution is -1.97. The van der Waals surface area contributed by atoms with Gasteiger partial charge in [0.1, 0.15) is 4.90 Å². The molecule has 0 radical (unpaired) electrons. The van der Waals surface area contributed by atoms with Crippen molar-refractivity contribution in [1.29, 1.82) is 0 Å². The standard InChI is InChI=1S/C19H11N3O4S/c23-21(24)12-9-10-18(17(11-12)22(25)26)27-20-19-15-7-3-1-5-13(15)14-6-2-4-8-16(14)19/h1-11H. The van der Waals surface area contributed by atoms with Gasteiger partial charge in [0, 0.05) is 29.1 Å². The number of nitro groups is 2. The van der Waals surface area contributed by atoms with Crippen LogP contribution in [0.5, 0.6) is 0 Å². The predicted octanol–water partition coefficient (Wildman–Crippen LogP) is 5.03. The molecule has 3 aromatic carbocycles. The van der Waals surface area contributed by atoms with Gasteiger partial charge in [-0.05, 0) is 17.2 Å². The van der Waals surface area contributed by atoms with Crippen molar-refractivity contribution < 1.29 is 9.85 Å². The summed E-state index contributed by atoms with van der Waals surface area (Å²) in [6.45, 7) is 0. The summed E-state index contributed by atoms with van der Waals surface area (Å²) in [6.07, 6.45) is 0. The normalized spacial score (nSPS) is 11.6. The first-order valence-corrected chi connectivity index (χ1v) is 8.70. The molecule has 1 aliphatic carbocycles. The number of hydrogen-bond acceptors (Lipinski definition) is 6. The summed E-state index contributed by atoms with van der Waals surface area (Å²) in [4.78, 5) is 21.1. The summed E-state index contributed by atoms with van der Waals surface area (Å²) < 4.78 is 4.55. The second-order valence-electron chi connectivity index (χ2n) is 5.79. The lowest BCUT2D eigenvalue weighted by Gasteiger charge is -2.03. The second kappa shape index (κ2) is 6.65. The van der Waals surface area contributed by atoms with Crippen molar-refractivity contribution in [3.63, 3.8) is 0 Å². The van der Waals surface area contributed by atoms with Crippen LogP contribution in [0.15, 0.2) is 76.0 Å². The molecule has 0 spiro atoms. The maximum absolute atomic E-state index is 11.3. The molecule has 7 nitrogen and oxygen atoms in total. The van der Waals surface area contributed by atoms with Crippen molar-refractivity contribution in [2.45, 2.75) is 4.90 Å². The van der Waals surface area contributed by atoms with E-state index in [1.54, 1.807) is 0 Å². The van der Waals surface area contributed by atoms with Gasteiger partial charge in [-0.3, -0.25) is 20.2 Å². The van der Waals surface area contributed by atoms with Crippen LogP contribution in [0.4, 0.5) is 11.4 Å². The van der Waals surface area contributed by atoms with E-state index in [9.17, 15) is 20.2 Å². The molecular weight excluding hydrogens is 366 g/mol. The molecule has 8 heteroatoms. The van der Waals surface area contributed by atoms with E-state index in [2.05, 4.69) is 4.40 Å². The highest BCUT2D eigenvalue weighted by molar-refractivity contribution is 7.98. The van der Waals surface area contributed by atoms with Gasteiger partial charge in [0.25, 0.3) is 11.4 Å². The number of hydrogen-bond donors (Lipinski definition) is 0. The highest BCUT2D eigenvalue weighted by atomic mass is 32.2. The summed E-state index contributed by atoms with van der Waals surface area (Å²) in [7, 11) is 0. The van der Waals surface area contributed by atoms with Gasteiger partial charge in [-0.2, -0.15) is 0 Å². The Labute approximate surface area is 157 Å². The van der Waals surface area contributed by atoms with Gasteiger partial charge in [-0.25, -0.2) is 4.40 Å². The minimum atomic E-state index is -0.656. The van der Waals surface area contributed by atoms with Gasteiger partial charge in [-0.1, -0.05) is 48.5 Å². The average molecular weight is 377 g/mol. The Morgan fingerprint density at radius 1 is 0.741 bits per heavy atom. The molecular formula is C19H11N3O4S. The molecule has 0 amide bonds. The molecule has 0 fully saturated rings. The maximum atomic E-state index is 11.3. The first-order chi connectivity index (χ1) is 13.1. The third kappa shape index (κ3) is 2.96. The van der Waals surface area contributed by atoms with Crippen LogP contribution in [-0.4, -0.2) is 15.6 Å². The van der Waals surface area contributed by atoms with Crippen LogP contribution in [0, 0.1) is 20.2 Å². The van der Waals surface area contributed by atoms with Gasteiger partial charge in [0.05, 0.1) is 21.6 Å². The summed E-state index contributed by atoms with van der Waals surface area (Å²) in [5.74, 6) is 0. The topological polar surface area (TPSA) is 98.6 Å². The van der Waals surface area contributed by atoms with Gasteiger partial charge < -0.3 is 0 Å². The number of fused-ring (bicyclic) bond motifs is 3. The molecule has 0 bridgehead atoms. The summed E-state index contributed by atoms with van der Waals surface area (Å²) in [6, 6.07) is 19.2. The largest absolute Gasteiger partial charge is 0.291 e. The molecule has 3 aromatic rings. The van der Waals surface area contributed by atoms with E-state index in [0.29, 0.717) is 0 Å². The minimum Gasteiger partial charge on any atom is -0.258 e. The third-order valence-corrected chi connectivity index (χ3v) is 5.06. The predicted molar refractivity (Wildman–Crippen MR) is 103 cm³/mol. The van der Waals surface area contributed by atoms with Crippen LogP contribution in [0.1, 0.15) is 11.1 Å². The monoisotopic (exact) mass is 377 g/mol. The summed E-state index contributed by atoms with van der Waals surface area (Å²) in [5.41, 5.74) is 4.11. The zero-order chi connectivity index (χ0) is 19.0. The van der Waals surface area contributed by atoms with E-state index in [-0.39, 0.29) is 16.3 Å². The average Bonchev–Trinajstić information content (AvgIpc) is 3.00. The van der Waals surface area contributed by atoms with E-state index in [1.807, 2.05) is 48.5 Å². The summed E-state index contributed by atoms with van der Waals surface area (Å²) in [5, 5.41) is 22.2. The van der Waals surface area contributed by atoms with Gasteiger partial charge in [0.15, 0.2) is 0 Å². The Kier molecular flexibility index (Phi) is 4.17. The van der Waals surface area contributed by atoms with Crippen LogP contribution in [0.2, 0.25) is 0 Å². The maximum Gasteiger partial charge on any atom is 0.291 e. The van der Waals surface area contributed by atoms with Crippen LogP contribution in [-0.2, 0) is 0 Å². The van der Waals surface area contributed by atoms with Gasteiger partial charge >= 0.3 is 0 Å². The fourth-order valence-corrected chi connectivity index (χ4v) is 3.77. The summed E-state index contributed by atoms with van der Waals surface area (Å²) >= 11 is 0.944. The molecule has 0 aliphatic heterocycles. The van der Waals surface area contributed by atoms with E-state index < -0.39 is 9.85 Å². The number of nitro benzene ring substituents is 2. The molecule has 0 saturated heterocycles. The van der Waals surface area contributed by atoms with Crippen molar-refractivity contribution in [3.05, 3.63) is 98.1 Å². The highest BCUT2D eigenvalue weighted by Crippen LogP contribution is 2.39. The fraction of sp³-hybridized carbons (Fsp3) is 0. The fourth-order valence-electron chi connectivity index (χ4n) is 3.03. The number of nitrogens with zero attached hydrogens (tertiary/aromatic N) is 3. The van der Waals surface area contributed by atoms with E-state index in [1.165, 1.54) is 12.1 Å². The number of benzene rings is 3. The molecule has 0 atom stereocenters. The van der Waals surface area contributed by atoms with Crippen molar-refractivity contribution in [1.82, 2.24) is 0 Å². The first kappa shape index (κ1) is 16.9. The van der Waals surface area contributed by atoms with Gasteiger partial charge in [0.2, 0.25) is 0 Å². The Morgan fingerprint density at radius 2 is 1.30 bits per heavy atom. The zero-order valence-electron chi connectivity index (χ0n) is 13.7. The minimum absolute atomic E-state index is 0.250. The quantitative estimate of drug-likeness (QED) is 0.282. The Bertz CT molecular complexity index is 1080. The van der Waals surface area contributed by atoms with Crippen molar-refractivity contribution in [3.8, 4) is 11.1 Å². The Balaban J connectivity index is 1.78. The number of non-ortho nitro benzene ring substituents is 1. The van der Waals surface area contributed by atoms with Crippen molar-refractivity contribution >= 4 is 29.0 Å². The smallest absolute Gasteiger partial charge is 0.258 e. The lowest BCUT2D eigenvalue weighted by atomic mass is 10.1. The van der Waals surface area contributed by atoms with Crippen molar-refractivity contribution in [2.24, 2.45) is 4.40 Å². The molecule has 0 unspecified atom stereocenters. The van der Waals surface area contributed by atoms with E-state index in [4.69, 9.17) is 0 Å². The molecule has 27 heavy (non-hydrogen) atoms. The van der Waals surface area contributed by atoms with Gasteiger partial charge in [-0.15, -0.1) is 0 Å². The van der Waals surface area contributed by atoms with Crippen LogP contribution < -0.4 is 0 Å². The molecule has 132 valence electrons. The van der Waals surface area contributed by atoms with Crippen LogP contribution in [0.3, 0.4) is 0 Å². The molecule has 0 N–H and O–H groups in total. The number of rotatable bonds is 4. The lowest BCUT2D eigenvalue weighted by molar-refractivity contribution is -0.396. The third-order valence-electron chi connectivity index (χ3n) is 4.24. The highest BCUT2D eigenvalue weighted by Gasteiger charge is 2.25. The molecule has 0 saturated carbocycles. The SMILES string of the molecule is O=[N+]([O-])c1ccc(SN=C2c3ccccc3-c3ccccc32)c([N+](=O)[O-])c1. The second-order valence-corrected chi connectivity index (χ2v) is 6.59. The molecule has 4 rings (SSSR count). The molecule has 1 aliphatic rings. The Hall–Kier alpha value is -3.52. The van der Waals surface area contributed by atoms with Crippen molar-refractivity contribution in [2.75, 3.05) is 0 Å². The van der Waals surface area contributed by atoms with Crippen LogP contribution >= 0.6 is 11.9 Å². The van der Waals surface area contributed by atoms with E-state index >= 15 is 0 Å². The zero-order valence-corrected chi connectivity index (χ0v) is 14.6. The molecule has 0 heterocycles. The Morgan fingerprint density at radius 3 is 1.81 bits per heavy atom.